The zero-order chi connectivity index (χ0) is 5.54. The third-order valence-corrected chi connectivity index (χ3v) is 0.471. The Bertz CT molecular complexity index is 53.5. The summed E-state index contributed by atoms with van der Waals surface area (Å²) in [7, 11) is 0. The molecule has 0 saturated heterocycles. The van der Waals surface area contributed by atoms with E-state index in [1.807, 2.05) is 0 Å². The van der Waals surface area contributed by atoms with Gasteiger partial charge in [-0.3, -0.25) is 0 Å². The van der Waals surface area contributed by atoms with E-state index in [1.165, 1.54) is 0 Å². The van der Waals surface area contributed by atoms with Crippen molar-refractivity contribution in [2.24, 2.45) is 0 Å². The zero-order valence-corrected chi connectivity index (χ0v) is 4.39. The van der Waals surface area contributed by atoms with E-state index in [2.05, 4.69) is 13.2 Å². The zero-order valence-electron chi connectivity index (χ0n) is 4.39. The van der Waals surface area contributed by atoms with Crippen molar-refractivity contribution in [1.29, 1.82) is 0 Å². The molecule has 8 heavy (non-hydrogen) atoms. The second kappa shape index (κ2) is 11.0. The van der Waals surface area contributed by atoms with E-state index >= 15 is 0 Å². The van der Waals surface area contributed by atoms with Gasteiger partial charge in [0.05, 0.1) is 13.2 Å². The third kappa shape index (κ3) is 10.1. The molecule has 0 rings (SSSR count). The van der Waals surface area contributed by atoms with Crippen LogP contribution in [0.1, 0.15) is 0 Å². The predicted molar refractivity (Wildman–Crippen MR) is 38.4 cm³/mol. The number of rotatable bonds is 4. The van der Waals surface area contributed by atoms with Crippen LogP contribution in [0.15, 0.2) is 25.3 Å². The molecular formula is C6H11KO. The van der Waals surface area contributed by atoms with Crippen molar-refractivity contribution in [1.82, 2.24) is 0 Å². The van der Waals surface area contributed by atoms with Gasteiger partial charge in [0, 0.05) is 0 Å². The summed E-state index contributed by atoms with van der Waals surface area (Å²) in [6, 6.07) is 0. The first-order valence-electron chi connectivity index (χ1n) is 2.21. The molecule has 42 valence electrons. The van der Waals surface area contributed by atoms with Crippen LogP contribution in [-0.2, 0) is 4.74 Å². The van der Waals surface area contributed by atoms with Gasteiger partial charge in [0.15, 0.2) is 0 Å². The molecule has 0 heterocycles. The van der Waals surface area contributed by atoms with E-state index in [0.717, 1.165) is 0 Å². The Balaban J connectivity index is 0. The van der Waals surface area contributed by atoms with E-state index in [-0.39, 0.29) is 51.4 Å². The summed E-state index contributed by atoms with van der Waals surface area (Å²) in [5, 5.41) is 0. The molecule has 1 nitrogen and oxygen atoms in total. The van der Waals surface area contributed by atoms with Gasteiger partial charge in [-0.1, -0.05) is 12.2 Å². The van der Waals surface area contributed by atoms with Crippen molar-refractivity contribution in [3.05, 3.63) is 25.3 Å². The first kappa shape index (κ1) is 11.8. The topological polar surface area (TPSA) is 9.23 Å². The fourth-order valence-corrected chi connectivity index (χ4v) is 0.235. The van der Waals surface area contributed by atoms with Gasteiger partial charge < -0.3 is 4.74 Å². The first-order chi connectivity index (χ1) is 3.41. The summed E-state index contributed by atoms with van der Waals surface area (Å²) in [6.45, 7) is 8.18. The summed E-state index contributed by atoms with van der Waals surface area (Å²) in [5.41, 5.74) is 0. The minimum atomic E-state index is 0. The quantitative estimate of drug-likeness (QED) is 0.316. The van der Waals surface area contributed by atoms with E-state index in [0.29, 0.717) is 13.2 Å². The molecule has 0 N–H and O–H groups in total. The fourth-order valence-electron chi connectivity index (χ4n) is 0.235. The molecule has 0 bridgehead atoms. The molecule has 2 heteroatoms. The summed E-state index contributed by atoms with van der Waals surface area (Å²) in [4.78, 5) is 0. The van der Waals surface area contributed by atoms with Crippen LogP contribution in [0, 0.1) is 0 Å². The predicted octanol–water partition coefficient (Wildman–Crippen LogP) is 0.726. The van der Waals surface area contributed by atoms with Crippen LogP contribution in [0.25, 0.3) is 0 Å². The van der Waals surface area contributed by atoms with Crippen molar-refractivity contribution in [2.75, 3.05) is 13.2 Å². The summed E-state index contributed by atoms with van der Waals surface area (Å²) in [6.07, 6.45) is 3.42. The molecule has 0 unspecified atom stereocenters. The van der Waals surface area contributed by atoms with Crippen LogP contribution in [-0.4, -0.2) is 64.6 Å². The Kier molecular flexibility index (Phi) is 16.2. The number of hydrogen-bond acceptors (Lipinski definition) is 1. The number of hydrogen-bond donors (Lipinski definition) is 0. The Labute approximate surface area is 93.2 Å². The van der Waals surface area contributed by atoms with Crippen molar-refractivity contribution >= 4 is 51.4 Å². The van der Waals surface area contributed by atoms with Crippen molar-refractivity contribution in [3.63, 3.8) is 0 Å². The van der Waals surface area contributed by atoms with Crippen LogP contribution in [0.3, 0.4) is 0 Å². The molecule has 0 aliphatic carbocycles. The Morgan fingerprint density at radius 3 is 1.75 bits per heavy atom. The summed E-state index contributed by atoms with van der Waals surface area (Å²) < 4.78 is 4.90. The summed E-state index contributed by atoms with van der Waals surface area (Å²) >= 11 is 0. The average Bonchev–Trinajstić information content (AvgIpc) is 1.69. The molecule has 0 fully saturated rings. The second-order valence-electron chi connectivity index (χ2n) is 1.11. The molecule has 0 spiro atoms. The molecule has 0 aromatic heterocycles. The number of ether oxygens (including phenoxy) is 1. The SMILES string of the molecule is C=CCOCC=C.[KH]. The third-order valence-electron chi connectivity index (χ3n) is 0.471. The van der Waals surface area contributed by atoms with Crippen LogP contribution >= 0.6 is 0 Å². The van der Waals surface area contributed by atoms with Gasteiger partial charge >= 0.3 is 51.4 Å². The van der Waals surface area contributed by atoms with Gasteiger partial charge in [-0.15, -0.1) is 13.2 Å². The van der Waals surface area contributed by atoms with Crippen molar-refractivity contribution < 1.29 is 4.74 Å². The second-order valence-corrected chi connectivity index (χ2v) is 1.11. The standard InChI is InChI=1S/C6H10O.K.H/c1-3-5-7-6-4-2;;/h3-4H,1-2,5-6H2;;. The molecule has 0 aromatic carbocycles. The van der Waals surface area contributed by atoms with Crippen molar-refractivity contribution in [3.8, 4) is 0 Å². The normalized spacial score (nSPS) is 7.00. The fraction of sp³-hybridized carbons (Fsp3) is 0.333. The van der Waals surface area contributed by atoms with Gasteiger partial charge in [0.25, 0.3) is 0 Å². The maximum absolute atomic E-state index is 4.90. The molecule has 0 aliphatic heterocycles. The minimum absolute atomic E-state index is 0. The van der Waals surface area contributed by atoms with E-state index < -0.39 is 0 Å². The molecule has 0 aromatic rings. The van der Waals surface area contributed by atoms with Crippen LogP contribution < -0.4 is 0 Å². The maximum atomic E-state index is 4.90. The van der Waals surface area contributed by atoms with Gasteiger partial charge in [0.1, 0.15) is 0 Å². The summed E-state index contributed by atoms with van der Waals surface area (Å²) in [5.74, 6) is 0. The molecule has 0 atom stereocenters. The van der Waals surface area contributed by atoms with Crippen LogP contribution in [0.2, 0.25) is 0 Å². The molecule has 0 amide bonds. The van der Waals surface area contributed by atoms with Crippen LogP contribution in [0.4, 0.5) is 0 Å². The molecule has 0 radical (unpaired) electrons. The molecule has 0 saturated carbocycles. The Morgan fingerprint density at radius 2 is 1.50 bits per heavy atom. The van der Waals surface area contributed by atoms with Gasteiger partial charge in [-0.2, -0.15) is 0 Å². The van der Waals surface area contributed by atoms with Gasteiger partial charge in [0.2, 0.25) is 0 Å². The van der Waals surface area contributed by atoms with Gasteiger partial charge in [-0.05, 0) is 0 Å². The average molecular weight is 138 g/mol. The van der Waals surface area contributed by atoms with Gasteiger partial charge in [-0.25, -0.2) is 0 Å². The van der Waals surface area contributed by atoms with Crippen LogP contribution in [0.5, 0.6) is 0 Å². The van der Waals surface area contributed by atoms with E-state index in [1.54, 1.807) is 12.2 Å². The Morgan fingerprint density at radius 1 is 1.12 bits per heavy atom. The monoisotopic (exact) mass is 138 g/mol. The molecular weight excluding hydrogens is 127 g/mol. The van der Waals surface area contributed by atoms with E-state index in [4.69, 9.17) is 4.74 Å². The van der Waals surface area contributed by atoms with Crippen molar-refractivity contribution in [2.45, 2.75) is 0 Å². The molecule has 0 aliphatic rings. The van der Waals surface area contributed by atoms with E-state index in [9.17, 15) is 0 Å². The first-order valence-corrected chi connectivity index (χ1v) is 2.21. The Hall–Kier alpha value is 1.08.